The normalized spacial score (nSPS) is 15.6. The zero-order valence-electron chi connectivity index (χ0n) is 19.8. The van der Waals surface area contributed by atoms with Crippen LogP contribution in [0.3, 0.4) is 0 Å². The van der Waals surface area contributed by atoms with Gasteiger partial charge in [0.05, 0.1) is 22.0 Å². The third-order valence-corrected chi connectivity index (χ3v) is 10.4. The molecule has 0 saturated carbocycles. The minimum absolute atomic E-state index is 0.0816. The zero-order chi connectivity index (χ0) is 25.6. The van der Waals surface area contributed by atoms with Gasteiger partial charge in [0.2, 0.25) is 0 Å². The molecule has 0 amide bonds. The number of hydrogen-bond donors (Lipinski definition) is 0. The van der Waals surface area contributed by atoms with Crippen molar-refractivity contribution in [2.45, 2.75) is 29.8 Å². The van der Waals surface area contributed by atoms with Crippen LogP contribution in [0.2, 0.25) is 0 Å². The van der Waals surface area contributed by atoms with E-state index in [0.717, 1.165) is 25.3 Å². The van der Waals surface area contributed by atoms with Gasteiger partial charge in [-0.3, -0.25) is 9.36 Å². The second-order valence-electron chi connectivity index (χ2n) is 8.29. The molecule has 0 spiro atoms. The molecule has 36 heavy (non-hydrogen) atoms. The zero-order valence-corrected chi connectivity index (χ0v) is 23.0. The van der Waals surface area contributed by atoms with Gasteiger partial charge in [-0.2, -0.15) is 4.57 Å². The van der Waals surface area contributed by atoms with Crippen molar-refractivity contribution >= 4 is 61.1 Å². The van der Waals surface area contributed by atoms with E-state index >= 15 is 0 Å². The molecule has 0 bridgehead atoms. The van der Waals surface area contributed by atoms with E-state index in [1.54, 1.807) is 22.8 Å². The van der Waals surface area contributed by atoms with Crippen molar-refractivity contribution < 1.29 is 17.4 Å². The van der Waals surface area contributed by atoms with Crippen molar-refractivity contribution in [1.29, 1.82) is 0 Å². The first-order valence-corrected chi connectivity index (χ1v) is 15.5. The lowest BCUT2D eigenvalue weighted by atomic mass is 10.2. The number of thiazole rings is 2. The van der Waals surface area contributed by atoms with Gasteiger partial charge in [0.1, 0.15) is 20.0 Å². The molecular weight excluding hydrogens is 538 g/mol. The lowest BCUT2D eigenvalue weighted by Crippen LogP contribution is -2.36. The molecule has 1 aliphatic heterocycles. The molecule has 0 N–H and O–H groups in total. The fourth-order valence-corrected chi connectivity index (χ4v) is 8.42. The maximum Gasteiger partial charge on any atom is 0.271 e. The van der Waals surface area contributed by atoms with Crippen LogP contribution in [0.5, 0.6) is 0 Å². The highest BCUT2D eigenvalue weighted by atomic mass is 32.2. The fourth-order valence-electron chi connectivity index (χ4n) is 4.14. The molecule has 0 saturated heterocycles. The number of nitrogens with zero attached hydrogens (tertiary/aromatic N) is 3. The third-order valence-electron chi connectivity index (χ3n) is 5.89. The number of anilines is 1. The summed E-state index contributed by atoms with van der Waals surface area (Å²) in [5, 5.41) is 3.63. The third kappa shape index (κ3) is 4.56. The molecule has 1 aliphatic rings. The summed E-state index contributed by atoms with van der Waals surface area (Å²) in [7, 11) is -1.47. The number of hydrogen-bond acceptors (Lipinski definition) is 7. The molecule has 5 rings (SSSR count). The standard InChI is InChI=1S/C25H23FN3O3S4/c1-4-29-22(35-23(24(29)30)25-27(2)18-10-9-17(26)13-19(18)34-25)14-21-28(11-12-33-21)15-16-7-5-6-8-20(16)36(3,31)32/h5-14H,4,15H2,1-3H3/q+1/b25-23+. The fraction of sp³-hybridized carbons (Fsp3) is 0.200. The van der Waals surface area contributed by atoms with E-state index in [1.165, 1.54) is 52.8 Å². The Kier molecular flexibility index (Phi) is 6.67. The van der Waals surface area contributed by atoms with E-state index in [0.29, 0.717) is 28.1 Å². The molecule has 4 aromatic rings. The molecule has 6 nitrogen and oxygen atoms in total. The summed E-state index contributed by atoms with van der Waals surface area (Å²) in [6, 6.07) is 11.6. The first-order chi connectivity index (χ1) is 17.2. The average Bonchev–Trinajstić information content (AvgIpc) is 3.49. The van der Waals surface area contributed by atoms with Gasteiger partial charge in [0, 0.05) is 30.3 Å². The molecule has 0 radical (unpaired) electrons. The lowest BCUT2D eigenvalue weighted by Gasteiger charge is -2.12. The number of halogens is 1. The predicted molar refractivity (Wildman–Crippen MR) is 144 cm³/mol. The van der Waals surface area contributed by atoms with E-state index in [-0.39, 0.29) is 11.4 Å². The topological polar surface area (TPSA) is 63.3 Å². The summed E-state index contributed by atoms with van der Waals surface area (Å²) in [5.41, 5.74) is 1.50. The Morgan fingerprint density at radius 1 is 1.17 bits per heavy atom. The van der Waals surface area contributed by atoms with Crippen LogP contribution in [0.25, 0.3) is 11.1 Å². The monoisotopic (exact) mass is 560 g/mol. The first-order valence-electron chi connectivity index (χ1n) is 11.1. The van der Waals surface area contributed by atoms with Crippen LogP contribution in [-0.4, -0.2) is 26.3 Å². The van der Waals surface area contributed by atoms with Crippen LogP contribution in [0, 0.1) is 5.82 Å². The molecule has 186 valence electrons. The minimum atomic E-state index is -3.36. The Balaban J connectivity index is 1.60. The van der Waals surface area contributed by atoms with Crippen molar-refractivity contribution in [1.82, 2.24) is 4.57 Å². The van der Waals surface area contributed by atoms with Gasteiger partial charge in [-0.15, -0.1) is 11.3 Å². The van der Waals surface area contributed by atoms with Gasteiger partial charge < -0.3 is 4.90 Å². The predicted octanol–water partition coefficient (Wildman–Crippen LogP) is 3.01. The van der Waals surface area contributed by atoms with Crippen LogP contribution in [-0.2, 0) is 22.9 Å². The van der Waals surface area contributed by atoms with E-state index in [1.807, 2.05) is 53.2 Å². The van der Waals surface area contributed by atoms with Crippen molar-refractivity contribution in [3.63, 3.8) is 0 Å². The van der Waals surface area contributed by atoms with Gasteiger partial charge in [-0.1, -0.05) is 41.3 Å². The Morgan fingerprint density at radius 2 is 1.94 bits per heavy atom. The van der Waals surface area contributed by atoms with Crippen LogP contribution in [0.15, 0.2) is 68.6 Å². The summed E-state index contributed by atoms with van der Waals surface area (Å²) in [6.45, 7) is 2.83. The van der Waals surface area contributed by atoms with Crippen molar-refractivity contribution in [2.75, 3.05) is 18.2 Å². The van der Waals surface area contributed by atoms with E-state index in [9.17, 15) is 17.6 Å². The van der Waals surface area contributed by atoms with E-state index in [4.69, 9.17) is 0 Å². The highest BCUT2D eigenvalue weighted by molar-refractivity contribution is 8.08. The van der Waals surface area contributed by atoms with Crippen LogP contribution < -0.4 is 24.2 Å². The second-order valence-corrected chi connectivity index (χ2v) is 13.3. The molecule has 0 unspecified atom stereocenters. The van der Waals surface area contributed by atoms with Gasteiger partial charge in [-0.05, 0) is 31.2 Å². The molecule has 0 aliphatic carbocycles. The number of aromatic nitrogens is 2. The van der Waals surface area contributed by atoms with Crippen molar-refractivity contribution in [3.8, 4) is 0 Å². The van der Waals surface area contributed by atoms with Gasteiger partial charge in [0.15, 0.2) is 22.6 Å². The molecular formula is C25H23FN3O3S4+. The number of benzene rings is 2. The summed E-state index contributed by atoms with van der Waals surface area (Å²) in [5.74, 6) is -0.304. The van der Waals surface area contributed by atoms with Crippen LogP contribution >= 0.6 is 34.4 Å². The number of fused-ring (bicyclic) bond motifs is 1. The highest BCUT2D eigenvalue weighted by Crippen LogP contribution is 2.45. The molecule has 2 aromatic carbocycles. The Labute approximate surface area is 220 Å². The van der Waals surface area contributed by atoms with Gasteiger partial charge >= 0.3 is 0 Å². The molecule has 2 aromatic heterocycles. The summed E-state index contributed by atoms with van der Waals surface area (Å²) >= 11 is 4.33. The number of rotatable bonds is 5. The Morgan fingerprint density at radius 3 is 2.69 bits per heavy atom. The Hall–Kier alpha value is -2.73. The summed E-state index contributed by atoms with van der Waals surface area (Å²) in [4.78, 5) is 16.4. The van der Waals surface area contributed by atoms with Crippen LogP contribution in [0.4, 0.5) is 10.1 Å². The molecule has 0 fully saturated rings. The highest BCUT2D eigenvalue weighted by Gasteiger charge is 2.25. The summed E-state index contributed by atoms with van der Waals surface area (Å²) < 4.78 is 43.4. The SMILES string of the molecule is CCn1c(=O)/c(=C2\Sc3cc(F)ccc3N2C)s/c1=C\c1scc[n+]1Cc1ccccc1S(C)(=O)=O. The molecule has 3 heterocycles. The maximum atomic E-state index is 13.8. The maximum absolute atomic E-state index is 13.8. The largest absolute Gasteiger partial charge is 0.337 e. The quantitative estimate of drug-likeness (QED) is 0.351. The number of sulfone groups is 1. The second kappa shape index (κ2) is 9.62. The van der Waals surface area contributed by atoms with E-state index < -0.39 is 9.84 Å². The average molecular weight is 561 g/mol. The summed E-state index contributed by atoms with van der Waals surface area (Å²) in [6.07, 6.45) is 5.10. The first kappa shape index (κ1) is 24.9. The van der Waals surface area contributed by atoms with Crippen LogP contribution in [0.1, 0.15) is 17.5 Å². The van der Waals surface area contributed by atoms with Crippen molar-refractivity contribution in [3.05, 3.63) is 90.0 Å². The van der Waals surface area contributed by atoms with Gasteiger partial charge in [-0.25, -0.2) is 12.8 Å². The van der Waals surface area contributed by atoms with Crippen molar-refractivity contribution in [2.24, 2.45) is 0 Å². The number of thioether (sulfide) groups is 1. The van der Waals surface area contributed by atoms with E-state index in [2.05, 4.69) is 0 Å². The van der Waals surface area contributed by atoms with Gasteiger partial charge in [0.25, 0.3) is 10.6 Å². The Bertz CT molecular complexity index is 1770. The molecule has 0 atom stereocenters. The molecule has 11 heteroatoms. The smallest absolute Gasteiger partial charge is 0.271 e. The lowest BCUT2D eigenvalue weighted by molar-refractivity contribution is -0.685. The minimum Gasteiger partial charge on any atom is -0.337 e.